The minimum atomic E-state index is -0.418. The lowest BCUT2D eigenvalue weighted by atomic mass is 9.99. The van der Waals surface area contributed by atoms with Gasteiger partial charge in [0, 0.05) is 18.0 Å². The van der Waals surface area contributed by atoms with Gasteiger partial charge in [-0.25, -0.2) is 4.79 Å². The van der Waals surface area contributed by atoms with Crippen molar-refractivity contribution in [2.75, 3.05) is 11.9 Å². The summed E-state index contributed by atoms with van der Waals surface area (Å²) in [4.78, 5) is 10.3. The van der Waals surface area contributed by atoms with E-state index in [0.717, 1.165) is 24.6 Å². The zero-order valence-corrected chi connectivity index (χ0v) is 9.89. The first-order valence-corrected chi connectivity index (χ1v) is 5.72. The quantitative estimate of drug-likeness (QED) is 0.394. The van der Waals surface area contributed by atoms with Gasteiger partial charge in [-0.05, 0) is 33.1 Å². The molecule has 3 heteroatoms. The fraction of sp³-hybridized carbons (Fsp3) is 0.800. The predicted octanol–water partition coefficient (Wildman–Crippen LogP) is 2.73. The molecule has 0 saturated carbocycles. The van der Waals surface area contributed by atoms with E-state index in [-0.39, 0.29) is 0 Å². The van der Waals surface area contributed by atoms with Gasteiger partial charge in [0.2, 0.25) is 0 Å². The highest BCUT2D eigenvalue weighted by molar-refractivity contribution is 9.09. The van der Waals surface area contributed by atoms with Crippen molar-refractivity contribution >= 4 is 21.9 Å². The van der Waals surface area contributed by atoms with Crippen LogP contribution in [0.2, 0.25) is 0 Å². The molecule has 0 rings (SSSR count). The van der Waals surface area contributed by atoms with Crippen molar-refractivity contribution in [3.8, 4) is 0 Å². The SMILES string of the molecule is CCOC(C)(C=C=O)CCCCBr. The molecule has 0 radical (unpaired) electrons. The number of unbranched alkanes of at least 4 members (excludes halogenated alkanes) is 1. The van der Waals surface area contributed by atoms with Gasteiger partial charge in [0.25, 0.3) is 0 Å². The first kappa shape index (κ1) is 12.9. The maximum atomic E-state index is 10.3. The maximum absolute atomic E-state index is 10.3. The Bertz CT molecular complexity index is 176. The first-order valence-electron chi connectivity index (χ1n) is 4.60. The minimum Gasteiger partial charge on any atom is -0.371 e. The third-order valence-corrected chi connectivity index (χ3v) is 2.46. The summed E-state index contributed by atoms with van der Waals surface area (Å²) in [5, 5.41) is 1.00. The summed E-state index contributed by atoms with van der Waals surface area (Å²) < 4.78 is 5.48. The van der Waals surface area contributed by atoms with E-state index in [1.165, 1.54) is 6.08 Å². The van der Waals surface area contributed by atoms with Crippen LogP contribution >= 0.6 is 15.9 Å². The largest absolute Gasteiger partial charge is 0.371 e. The molecule has 0 aromatic rings. The predicted molar refractivity (Wildman–Crippen MR) is 57.9 cm³/mol. The highest BCUT2D eigenvalue weighted by atomic mass is 79.9. The molecule has 0 N–H and O–H groups in total. The highest BCUT2D eigenvalue weighted by Crippen LogP contribution is 2.19. The molecule has 13 heavy (non-hydrogen) atoms. The number of ether oxygens (including phenoxy) is 1. The Morgan fingerprint density at radius 1 is 1.54 bits per heavy atom. The summed E-state index contributed by atoms with van der Waals surface area (Å²) in [5.41, 5.74) is -0.418. The van der Waals surface area contributed by atoms with Gasteiger partial charge in [-0.2, -0.15) is 0 Å². The molecule has 0 saturated heterocycles. The van der Waals surface area contributed by atoms with Crippen LogP contribution in [-0.4, -0.2) is 23.5 Å². The standard InChI is InChI=1S/C10H17BrO2/c1-3-13-10(2,7-9-12)6-4-5-8-11/h7H,3-6,8H2,1-2H3. The van der Waals surface area contributed by atoms with Crippen LogP contribution in [0.1, 0.15) is 33.1 Å². The summed E-state index contributed by atoms with van der Waals surface area (Å²) in [5.74, 6) is 1.81. The zero-order valence-electron chi connectivity index (χ0n) is 8.31. The van der Waals surface area contributed by atoms with E-state index >= 15 is 0 Å². The molecule has 0 aromatic heterocycles. The van der Waals surface area contributed by atoms with Crippen LogP contribution in [-0.2, 0) is 9.53 Å². The Balaban J connectivity index is 3.99. The molecule has 0 fully saturated rings. The fourth-order valence-corrected chi connectivity index (χ4v) is 1.61. The second-order valence-corrected chi connectivity index (χ2v) is 3.95. The molecule has 0 amide bonds. The second kappa shape index (κ2) is 7.31. The summed E-state index contributed by atoms with van der Waals surface area (Å²) >= 11 is 3.37. The van der Waals surface area contributed by atoms with Crippen molar-refractivity contribution in [3.05, 3.63) is 6.08 Å². The summed E-state index contributed by atoms with van der Waals surface area (Å²) in [6.07, 6.45) is 4.52. The molecule has 0 aliphatic carbocycles. The average Bonchev–Trinajstić information content (AvgIpc) is 2.05. The summed E-state index contributed by atoms with van der Waals surface area (Å²) in [7, 11) is 0. The molecule has 0 heterocycles. The third kappa shape index (κ3) is 6.03. The van der Waals surface area contributed by atoms with Gasteiger partial charge in [0.15, 0.2) is 0 Å². The van der Waals surface area contributed by atoms with Crippen LogP contribution in [0, 0.1) is 0 Å². The molecule has 0 aromatic carbocycles. The molecule has 2 nitrogen and oxygen atoms in total. The summed E-state index contributed by atoms with van der Waals surface area (Å²) in [6, 6.07) is 0. The van der Waals surface area contributed by atoms with E-state index in [1.807, 2.05) is 19.8 Å². The number of halogens is 1. The topological polar surface area (TPSA) is 26.3 Å². The van der Waals surface area contributed by atoms with E-state index in [9.17, 15) is 4.79 Å². The molecule has 0 aliphatic rings. The third-order valence-electron chi connectivity index (χ3n) is 1.90. The van der Waals surface area contributed by atoms with Crippen molar-refractivity contribution in [2.24, 2.45) is 0 Å². The average molecular weight is 249 g/mol. The van der Waals surface area contributed by atoms with E-state index in [2.05, 4.69) is 15.9 Å². The van der Waals surface area contributed by atoms with Gasteiger partial charge in [-0.1, -0.05) is 15.9 Å². The minimum absolute atomic E-state index is 0.418. The smallest absolute Gasteiger partial charge is 0.123 e. The van der Waals surface area contributed by atoms with Crippen LogP contribution < -0.4 is 0 Å². The maximum Gasteiger partial charge on any atom is 0.123 e. The monoisotopic (exact) mass is 248 g/mol. The highest BCUT2D eigenvalue weighted by Gasteiger charge is 2.20. The number of carbonyl (C=O) groups excluding carboxylic acids is 1. The molecule has 0 bridgehead atoms. The van der Waals surface area contributed by atoms with E-state index in [0.29, 0.717) is 6.61 Å². The van der Waals surface area contributed by atoms with E-state index in [1.54, 1.807) is 0 Å². The lowest BCUT2D eigenvalue weighted by Crippen LogP contribution is -2.26. The van der Waals surface area contributed by atoms with Crippen LogP contribution in [0.4, 0.5) is 0 Å². The van der Waals surface area contributed by atoms with Gasteiger partial charge in [-0.15, -0.1) is 0 Å². The molecule has 0 spiro atoms. The number of alkyl halides is 1. The number of hydrogen-bond donors (Lipinski definition) is 0. The van der Waals surface area contributed by atoms with Crippen LogP contribution in [0.15, 0.2) is 6.08 Å². The van der Waals surface area contributed by atoms with Gasteiger partial charge in [0.05, 0.1) is 5.60 Å². The summed E-state index contributed by atoms with van der Waals surface area (Å²) in [6.45, 7) is 4.49. The van der Waals surface area contributed by atoms with Gasteiger partial charge in [0.1, 0.15) is 5.94 Å². The van der Waals surface area contributed by atoms with Gasteiger partial charge in [-0.3, -0.25) is 0 Å². The Kier molecular flexibility index (Phi) is 7.25. The van der Waals surface area contributed by atoms with E-state index in [4.69, 9.17) is 4.74 Å². The van der Waals surface area contributed by atoms with Crippen LogP contribution in [0.3, 0.4) is 0 Å². The molecule has 1 atom stereocenters. The fourth-order valence-electron chi connectivity index (χ4n) is 1.21. The van der Waals surface area contributed by atoms with Crippen molar-refractivity contribution in [1.29, 1.82) is 0 Å². The first-order chi connectivity index (χ1) is 6.18. The zero-order chi connectivity index (χ0) is 10.2. The van der Waals surface area contributed by atoms with Gasteiger partial charge < -0.3 is 4.74 Å². The Hall–Kier alpha value is -0.110. The lowest BCUT2D eigenvalue weighted by Gasteiger charge is -2.24. The molecule has 1 unspecified atom stereocenters. The van der Waals surface area contributed by atoms with E-state index < -0.39 is 5.60 Å². The van der Waals surface area contributed by atoms with Gasteiger partial charge >= 0.3 is 0 Å². The van der Waals surface area contributed by atoms with Crippen molar-refractivity contribution < 1.29 is 9.53 Å². The number of rotatable bonds is 7. The molecular formula is C10H17BrO2. The second-order valence-electron chi connectivity index (χ2n) is 3.15. The normalized spacial score (nSPS) is 14.7. The molecule has 76 valence electrons. The Morgan fingerprint density at radius 3 is 2.69 bits per heavy atom. The molecule has 0 aliphatic heterocycles. The van der Waals surface area contributed by atoms with Crippen molar-refractivity contribution in [1.82, 2.24) is 0 Å². The number of hydrogen-bond acceptors (Lipinski definition) is 2. The molecular weight excluding hydrogens is 232 g/mol. The van der Waals surface area contributed by atoms with Crippen LogP contribution in [0.5, 0.6) is 0 Å². The van der Waals surface area contributed by atoms with Crippen molar-refractivity contribution in [2.45, 2.75) is 38.7 Å². The van der Waals surface area contributed by atoms with Crippen molar-refractivity contribution in [3.63, 3.8) is 0 Å². The Labute approximate surface area is 88.5 Å². The lowest BCUT2D eigenvalue weighted by molar-refractivity contribution is 0.00681. The Morgan fingerprint density at radius 2 is 2.23 bits per heavy atom. The van der Waals surface area contributed by atoms with Crippen LogP contribution in [0.25, 0.3) is 0 Å².